The molecule has 0 aliphatic carbocycles. The lowest BCUT2D eigenvalue weighted by atomic mass is 9.96. The van der Waals surface area contributed by atoms with Crippen molar-refractivity contribution in [2.24, 2.45) is 0 Å². The van der Waals surface area contributed by atoms with Crippen molar-refractivity contribution in [1.29, 1.82) is 5.26 Å². The van der Waals surface area contributed by atoms with E-state index < -0.39 is 6.04 Å². The number of nitrogen functional groups attached to an aromatic ring is 1. The highest BCUT2D eigenvalue weighted by Gasteiger charge is 2.26. The highest BCUT2D eigenvalue weighted by molar-refractivity contribution is 7.16. The molecule has 0 bridgehead atoms. The Bertz CT molecular complexity index is 2110. The van der Waals surface area contributed by atoms with Gasteiger partial charge in [-0.2, -0.15) is 10.4 Å². The van der Waals surface area contributed by atoms with Gasteiger partial charge in [0, 0.05) is 17.1 Å². The van der Waals surface area contributed by atoms with Gasteiger partial charge in [0.2, 0.25) is 5.88 Å². The average Bonchev–Trinajstić information content (AvgIpc) is 3.54. The van der Waals surface area contributed by atoms with Gasteiger partial charge in [-0.3, -0.25) is 9.20 Å². The molecule has 0 fully saturated rings. The maximum absolute atomic E-state index is 14.0. The second kappa shape index (κ2) is 10.6. The number of aryl methyl sites for hydroxylation is 1. The van der Waals surface area contributed by atoms with E-state index in [9.17, 15) is 10.1 Å². The molecule has 5 heterocycles. The van der Waals surface area contributed by atoms with Crippen LogP contribution in [-0.4, -0.2) is 35.2 Å². The van der Waals surface area contributed by atoms with E-state index in [1.54, 1.807) is 22.3 Å². The number of hydrogen-bond donors (Lipinski definition) is 1. The van der Waals surface area contributed by atoms with E-state index >= 15 is 0 Å². The largest absolute Gasteiger partial charge is 0.474 e. The van der Waals surface area contributed by atoms with Crippen molar-refractivity contribution in [3.8, 4) is 34.3 Å². The summed E-state index contributed by atoms with van der Waals surface area (Å²) in [6.45, 7) is 7.66. The van der Waals surface area contributed by atoms with Crippen LogP contribution in [0.4, 0.5) is 5.82 Å². The topological polar surface area (TPSA) is 137 Å². The van der Waals surface area contributed by atoms with Crippen LogP contribution in [0.25, 0.3) is 38.2 Å². The molecule has 1 aromatic carbocycles. The molecule has 10 nitrogen and oxygen atoms in total. The number of nitriles is 1. The van der Waals surface area contributed by atoms with E-state index in [4.69, 9.17) is 27.2 Å². The Morgan fingerprint density at radius 1 is 1.12 bits per heavy atom. The minimum atomic E-state index is -0.461. The van der Waals surface area contributed by atoms with Crippen LogP contribution in [0, 0.1) is 18.3 Å². The standard InChI is InChI=1S/C30H25ClN8O2S/c1-15(2)41-29-19(11-32)9-20(12-34-29)26-25-27(33)35-14-36-28(25)39(37-26)17(4)21-10-23-38(22(31)13-42-23)30(40)24(21)18-7-5-6-16(3)8-18/h5-10,12-15,17H,1-4H3,(H2,33,35,36)/t17-/m0/s1. The lowest BCUT2D eigenvalue weighted by molar-refractivity contribution is 0.232. The summed E-state index contributed by atoms with van der Waals surface area (Å²) in [6, 6.07) is 13.1. The fraction of sp³-hybridized carbons (Fsp3) is 0.200. The zero-order chi connectivity index (χ0) is 29.7. The number of fused-ring (bicyclic) bond motifs is 2. The van der Waals surface area contributed by atoms with Gasteiger partial charge in [-0.1, -0.05) is 41.4 Å². The molecule has 42 heavy (non-hydrogen) atoms. The van der Waals surface area contributed by atoms with E-state index in [2.05, 4.69) is 21.0 Å². The number of rotatable bonds is 6. The van der Waals surface area contributed by atoms with E-state index in [0.717, 1.165) is 16.7 Å². The van der Waals surface area contributed by atoms with Crippen LogP contribution in [-0.2, 0) is 0 Å². The number of pyridine rings is 2. The molecule has 0 aliphatic heterocycles. The van der Waals surface area contributed by atoms with Gasteiger partial charge in [-0.25, -0.2) is 19.6 Å². The highest BCUT2D eigenvalue weighted by Crippen LogP contribution is 2.37. The smallest absolute Gasteiger partial charge is 0.265 e. The minimum Gasteiger partial charge on any atom is -0.474 e. The number of aromatic nitrogens is 6. The lowest BCUT2D eigenvalue weighted by Crippen LogP contribution is -2.20. The van der Waals surface area contributed by atoms with Gasteiger partial charge in [0.15, 0.2) is 5.65 Å². The normalized spacial score (nSPS) is 12.2. The second-order valence-electron chi connectivity index (χ2n) is 10.2. The van der Waals surface area contributed by atoms with Gasteiger partial charge < -0.3 is 10.5 Å². The molecule has 0 amide bonds. The van der Waals surface area contributed by atoms with Crippen LogP contribution in [0.1, 0.15) is 43.5 Å². The summed E-state index contributed by atoms with van der Waals surface area (Å²) in [5.41, 5.74) is 11.0. The molecule has 6 rings (SSSR count). The van der Waals surface area contributed by atoms with Gasteiger partial charge in [0.05, 0.1) is 23.1 Å². The van der Waals surface area contributed by atoms with Crippen molar-refractivity contribution in [1.82, 2.24) is 29.1 Å². The molecule has 5 aromatic heterocycles. The van der Waals surface area contributed by atoms with Crippen LogP contribution in [0.15, 0.2) is 59.1 Å². The van der Waals surface area contributed by atoms with Crippen molar-refractivity contribution in [3.63, 3.8) is 0 Å². The molecule has 0 saturated heterocycles. The highest BCUT2D eigenvalue weighted by atomic mass is 35.5. The van der Waals surface area contributed by atoms with Crippen LogP contribution >= 0.6 is 22.9 Å². The van der Waals surface area contributed by atoms with Crippen LogP contribution < -0.4 is 16.0 Å². The fourth-order valence-electron chi connectivity index (χ4n) is 5.05. The number of ether oxygens (including phenoxy) is 1. The maximum Gasteiger partial charge on any atom is 0.265 e. The Morgan fingerprint density at radius 2 is 1.93 bits per heavy atom. The van der Waals surface area contributed by atoms with Crippen LogP contribution in [0.5, 0.6) is 5.88 Å². The number of thiazole rings is 1. The van der Waals surface area contributed by atoms with E-state index in [-0.39, 0.29) is 28.9 Å². The summed E-state index contributed by atoms with van der Waals surface area (Å²) in [7, 11) is 0. The Balaban J connectivity index is 1.59. The summed E-state index contributed by atoms with van der Waals surface area (Å²) in [4.78, 5) is 27.8. The SMILES string of the molecule is Cc1cccc(-c2c([C@H](C)n3nc(-c4cnc(OC(C)C)c(C#N)c4)c4c(N)ncnc43)cc3scc(Cl)n3c2=O)c1. The molecule has 210 valence electrons. The molecule has 0 saturated carbocycles. The van der Waals surface area contributed by atoms with Gasteiger partial charge in [-0.15, -0.1) is 11.3 Å². The molecule has 0 radical (unpaired) electrons. The molecule has 0 unspecified atom stereocenters. The first-order valence-corrected chi connectivity index (χ1v) is 14.4. The molecular weight excluding hydrogens is 572 g/mol. The zero-order valence-electron chi connectivity index (χ0n) is 23.2. The van der Waals surface area contributed by atoms with Crippen LogP contribution in [0.3, 0.4) is 0 Å². The van der Waals surface area contributed by atoms with Gasteiger partial charge in [0.1, 0.15) is 39.5 Å². The van der Waals surface area contributed by atoms with Crippen molar-refractivity contribution in [2.45, 2.75) is 39.8 Å². The van der Waals surface area contributed by atoms with Crippen molar-refractivity contribution < 1.29 is 4.74 Å². The first kappa shape index (κ1) is 27.4. The number of halogens is 1. The predicted octanol–water partition coefficient (Wildman–Crippen LogP) is 6.04. The fourth-order valence-corrected chi connectivity index (χ4v) is 6.21. The number of anilines is 1. The van der Waals surface area contributed by atoms with Crippen LogP contribution in [0.2, 0.25) is 5.15 Å². The first-order chi connectivity index (χ1) is 20.2. The van der Waals surface area contributed by atoms with E-state index in [1.165, 1.54) is 22.1 Å². The Hall–Kier alpha value is -4.79. The molecule has 2 N–H and O–H groups in total. The molecule has 1 atom stereocenters. The molecule has 0 aliphatic rings. The van der Waals surface area contributed by atoms with Crippen molar-refractivity contribution in [2.75, 3.05) is 5.73 Å². The summed E-state index contributed by atoms with van der Waals surface area (Å²) in [5, 5.41) is 17.4. The molecular formula is C30H25ClN8O2S. The van der Waals surface area contributed by atoms with E-state index in [1.807, 2.05) is 58.0 Å². The number of nitrogens with zero attached hydrogens (tertiary/aromatic N) is 7. The van der Waals surface area contributed by atoms with E-state index in [0.29, 0.717) is 37.8 Å². The summed E-state index contributed by atoms with van der Waals surface area (Å²) >= 11 is 7.82. The number of benzene rings is 1. The third-order valence-corrected chi connectivity index (χ3v) is 8.22. The summed E-state index contributed by atoms with van der Waals surface area (Å²) < 4.78 is 8.95. The zero-order valence-corrected chi connectivity index (χ0v) is 24.7. The number of nitrogens with two attached hydrogens (primary N) is 1. The Morgan fingerprint density at radius 3 is 2.67 bits per heavy atom. The first-order valence-electron chi connectivity index (χ1n) is 13.1. The van der Waals surface area contributed by atoms with Gasteiger partial charge >= 0.3 is 0 Å². The number of hydrogen-bond acceptors (Lipinski definition) is 9. The van der Waals surface area contributed by atoms with Crippen molar-refractivity contribution >= 4 is 44.6 Å². The van der Waals surface area contributed by atoms with Gasteiger partial charge in [0.25, 0.3) is 5.56 Å². The predicted molar refractivity (Wildman–Crippen MR) is 164 cm³/mol. The summed E-state index contributed by atoms with van der Waals surface area (Å²) in [6.07, 6.45) is 2.82. The quantitative estimate of drug-likeness (QED) is 0.245. The average molecular weight is 597 g/mol. The molecule has 0 spiro atoms. The Labute approximate surface area is 249 Å². The summed E-state index contributed by atoms with van der Waals surface area (Å²) in [5.74, 6) is 0.470. The lowest BCUT2D eigenvalue weighted by Gasteiger charge is -2.18. The third-order valence-electron chi connectivity index (χ3n) is 6.93. The maximum atomic E-state index is 14.0. The van der Waals surface area contributed by atoms with Gasteiger partial charge in [-0.05, 0) is 51.0 Å². The molecule has 12 heteroatoms. The monoisotopic (exact) mass is 596 g/mol. The molecule has 6 aromatic rings. The Kier molecular flexibility index (Phi) is 6.88. The third kappa shape index (κ3) is 4.55. The second-order valence-corrected chi connectivity index (χ2v) is 11.4. The van der Waals surface area contributed by atoms with Crippen molar-refractivity contribution in [3.05, 3.63) is 86.5 Å². The minimum absolute atomic E-state index is 0.150.